The number of aromatic nitrogens is 3. The zero-order valence-electron chi connectivity index (χ0n) is 14.5. The number of nitrogens with zero attached hydrogens (tertiary/aromatic N) is 3. The number of benzene rings is 1. The number of amides is 1. The molecule has 3 rings (SSSR count). The van der Waals surface area contributed by atoms with E-state index in [0.29, 0.717) is 6.42 Å². The number of pyridine rings is 1. The van der Waals surface area contributed by atoms with E-state index >= 15 is 0 Å². The third-order valence-corrected chi connectivity index (χ3v) is 4.25. The van der Waals surface area contributed by atoms with Gasteiger partial charge in [-0.2, -0.15) is 5.10 Å². The highest BCUT2D eigenvalue weighted by Gasteiger charge is 2.15. The number of rotatable bonds is 4. The second-order valence-electron chi connectivity index (χ2n) is 6.30. The Labute approximate surface area is 141 Å². The fraction of sp³-hybridized carbons (Fsp3) is 0.316. The molecule has 24 heavy (non-hydrogen) atoms. The molecule has 1 aromatic carbocycles. The average molecular weight is 322 g/mol. The first-order valence-corrected chi connectivity index (χ1v) is 8.15. The lowest BCUT2D eigenvalue weighted by atomic mass is 9.99. The van der Waals surface area contributed by atoms with Crippen LogP contribution in [0.25, 0.3) is 10.9 Å². The van der Waals surface area contributed by atoms with Gasteiger partial charge in [-0.1, -0.05) is 18.2 Å². The maximum absolute atomic E-state index is 12.5. The van der Waals surface area contributed by atoms with Crippen LogP contribution in [0.5, 0.6) is 0 Å². The Balaban J connectivity index is 1.87. The highest BCUT2D eigenvalue weighted by molar-refractivity contribution is 5.93. The minimum Gasteiger partial charge on any atom is -0.311 e. The van der Waals surface area contributed by atoms with Crippen molar-refractivity contribution in [1.29, 1.82) is 0 Å². The third kappa shape index (κ3) is 3.02. The number of para-hydroxylation sites is 1. The first-order valence-electron chi connectivity index (χ1n) is 8.15. The number of fused-ring (bicyclic) bond motifs is 1. The first-order chi connectivity index (χ1) is 11.5. The SMILES string of the molecule is Cc1nc2ccccc2c(C)c1CC(=O)Nc1ccnn1C(C)C. The number of hydrogen-bond acceptors (Lipinski definition) is 3. The minimum atomic E-state index is -0.0549. The summed E-state index contributed by atoms with van der Waals surface area (Å²) in [5.41, 5.74) is 3.97. The molecule has 3 aromatic rings. The molecule has 0 aliphatic rings. The molecule has 5 heteroatoms. The summed E-state index contributed by atoms with van der Waals surface area (Å²) < 4.78 is 1.80. The van der Waals surface area contributed by atoms with Gasteiger partial charge in [0, 0.05) is 23.2 Å². The summed E-state index contributed by atoms with van der Waals surface area (Å²) in [5.74, 6) is 0.666. The van der Waals surface area contributed by atoms with Gasteiger partial charge in [0.1, 0.15) is 5.82 Å². The van der Waals surface area contributed by atoms with Gasteiger partial charge in [0.15, 0.2) is 0 Å². The Hall–Kier alpha value is -2.69. The van der Waals surface area contributed by atoms with Crippen LogP contribution >= 0.6 is 0 Å². The van der Waals surface area contributed by atoms with Gasteiger partial charge >= 0.3 is 0 Å². The predicted molar refractivity (Wildman–Crippen MR) is 96.2 cm³/mol. The highest BCUT2D eigenvalue weighted by atomic mass is 16.1. The van der Waals surface area contributed by atoms with E-state index in [-0.39, 0.29) is 11.9 Å². The molecule has 0 fully saturated rings. The Kier molecular flexibility index (Phi) is 4.34. The normalized spacial score (nSPS) is 11.2. The largest absolute Gasteiger partial charge is 0.311 e. The molecule has 0 saturated heterocycles. The molecule has 0 atom stereocenters. The molecule has 0 radical (unpaired) electrons. The molecule has 2 heterocycles. The molecule has 0 saturated carbocycles. The molecule has 0 bridgehead atoms. The average Bonchev–Trinajstić information content (AvgIpc) is 2.99. The van der Waals surface area contributed by atoms with Crippen molar-refractivity contribution in [2.24, 2.45) is 0 Å². The summed E-state index contributed by atoms with van der Waals surface area (Å²) in [6.45, 7) is 8.08. The van der Waals surface area contributed by atoms with Gasteiger partial charge in [-0.25, -0.2) is 4.68 Å². The molecule has 5 nitrogen and oxygen atoms in total. The molecule has 0 spiro atoms. The highest BCUT2D eigenvalue weighted by Crippen LogP contribution is 2.23. The number of carbonyl (C=O) groups excluding carboxylic acids is 1. The van der Waals surface area contributed by atoms with Crippen molar-refractivity contribution in [3.63, 3.8) is 0 Å². The zero-order valence-corrected chi connectivity index (χ0v) is 14.5. The number of aryl methyl sites for hydroxylation is 2. The van der Waals surface area contributed by atoms with E-state index in [1.807, 2.05) is 51.1 Å². The van der Waals surface area contributed by atoms with Crippen LogP contribution in [0.15, 0.2) is 36.5 Å². The van der Waals surface area contributed by atoms with E-state index < -0.39 is 0 Å². The topological polar surface area (TPSA) is 59.8 Å². The third-order valence-electron chi connectivity index (χ3n) is 4.25. The molecule has 1 N–H and O–H groups in total. The minimum absolute atomic E-state index is 0.0549. The first kappa shape index (κ1) is 16.2. The predicted octanol–water partition coefficient (Wildman–Crippen LogP) is 3.81. The molecule has 0 unspecified atom stereocenters. The van der Waals surface area contributed by atoms with Crippen molar-refractivity contribution < 1.29 is 4.79 Å². The molecule has 124 valence electrons. The summed E-state index contributed by atoms with van der Waals surface area (Å²) in [4.78, 5) is 17.1. The van der Waals surface area contributed by atoms with E-state index in [4.69, 9.17) is 0 Å². The van der Waals surface area contributed by atoms with Crippen LogP contribution in [0, 0.1) is 13.8 Å². The van der Waals surface area contributed by atoms with Crippen molar-refractivity contribution in [3.05, 3.63) is 53.3 Å². The summed E-state index contributed by atoms with van der Waals surface area (Å²) >= 11 is 0. The lowest BCUT2D eigenvalue weighted by Gasteiger charge is -2.14. The monoisotopic (exact) mass is 322 g/mol. The lowest BCUT2D eigenvalue weighted by molar-refractivity contribution is -0.115. The fourth-order valence-corrected chi connectivity index (χ4v) is 3.00. The van der Waals surface area contributed by atoms with E-state index in [1.165, 1.54) is 0 Å². The van der Waals surface area contributed by atoms with Crippen molar-refractivity contribution >= 4 is 22.6 Å². The molecular formula is C19H22N4O. The van der Waals surface area contributed by atoms with E-state index in [9.17, 15) is 4.79 Å². The van der Waals surface area contributed by atoms with Crippen LogP contribution in [-0.4, -0.2) is 20.7 Å². The molecule has 0 aliphatic heterocycles. The summed E-state index contributed by atoms with van der Waals surface area (Å²) in [5, 5.41) is 8.29. The molecule has 1 amide bonds. The number of hydrogen-bond donors (Lipinski definition) is 1. The summed E-state index contributed by atoms with van der Waals surface area (Å²) in [6.07, 6.45) is 2.00. The van der Waals surface area contributed by atoms with E-state index in [1.54, 1.807) is 10.9 Å². The number of nitrogens with one attached hydrogen (secondary N) is 1. The van der Waals surface area contributed by atoms with Gasteiger partial charge < -0.3 is 5.32 Å². The van der Waals surface area contributed by atoms with Gasteiger partial charge in [0.2, 0.25) is 5.91 Å². The van der Waals surface area contributed by atoms with Crippen LogP contribution in [0.4, 0.5) is 5.82 Å². The molecule has 0 aliphatic carbocycles. The van der Waals surface area contributed by atoms with Crippen molar-refractivity contribution in [1.82, 2.24) is 14.8 Å². The quantitative estimate of drug-likeness (QED) is 0.794. The van der Waals surface area contributed by atoms with E-state index in [2.05, 4.69) is 22.3 Å². The van der Waals surface area contributed by atoms with Gasteiger partial charge in [-0.15, -0.1) is 0 Å². The molecular weight excluding hydrogens is 300 g/mol. The van der Waals surface area contributed by atoms with Gasteiger partial charge in [-0.05, 0) is 44.9 Å². The van der Waals surface area contributed by atoms with Gasteiger partial charge in [0.25, 0.3) is 0 Å². The Morgan fingerprint density at radius 3 is 2.71 bits per heavy atom. The maximum Gasteiger partial charge on any atom is 0.230 e. The van der Waals surface area contributed by atoms with Crippen LogP contribution in [0.2, 0.25) is 0 Å². The van der Waals surface area contributed by atoms with Crippen LogP contribution in [0.3, 0.4) is 0 Å². The second kappa shape index (κ2) is 6.43. The Morgan fingerprint density at radius 1 is 1.21 bits per heavy atom. The van der Waals surface area contributed by atoms with Gasteiger partial charge in [-0.3, -0.25) is 9.78 Å². The van der Waals surface area contributed by atoms with E-state index in [0.717, 1.165) is 33.5 Å². The smallest absolute Gasteiger partial charge is 0.230 e. The Morgan fingerprint density at radius 2 is 1.96 bits per heavy atom. The lowest BCUT2D eigenvalue weighted by Crippen LogP contribution is -2.19. The zero-order chi connectivity index (χ0) is 17.3. The number of carbonyl (C=O) groups is 1. The standard InChI is InChI=1S/C19H22N4O/c1-12(2)23-18(9-10-20-23)22-19(24)11-16-13(3)15-7-5-6-8-17(15)21-14(16)4/h5-10,12H,11H2,1-4H3,(H,22,24). The summed E-state index contributed by atoms with van der Waals surface area (Å²) in [6, 6.07) is 10.0. The second-order valence-corrected chi connectivity index (χ2v) is 6.30. The van der Waals surface area contributed by atoms with Crippen molar-refractivity contribution in [2.75, 3.05) is 5.32 Å². The number of anilines is 1. The van der Waals surface area contributed by atoms with Crippen LogP contribution in [-0.2, 0) is 11.2 Å². The van der Waals surface area contributed by atoms with Crippen molar-refractivity contribution in [2.45, 2.75) is 40.2 Å². The summed E-state index contributed by atoms with van der Waals surface area (Å²) in [7, 11) is 0. The van der Waals surface area contributed by atoms with Gasteiger partial charge in [0.05, 0.1) is 18.1 Å². The van der Waals surface area contributed by atoms with Crippen LogP contribution in [0.1, 0.15) is 36.7 Å². The fourth-order valence-electron chi connectivity index (χ4n) is 3.00. The van der Waals surface area contributed by atoms with Crippen molar-refractivity contribution in [3.8, 4) is 0 Å². The molecule has 2 aromatic heterocycles. The Bertz CT molecular complexity index is 896. The maximum atomic E-state index is 12.5. The van der Waals surface area contributed by atoms with Crippen LogP contribution < -0.4 is 5.32 Å².